The van der Waals surface area contributed by atoms with Gasteiger partial charge in [0, 0.05) is 6.20 Å². The molecule has 8 heteroatoms. The van der Waals surface area contributed by atoms with E-state index in [0.717, 1.165) is 4.88 Å². The molecule has 0 radical (unpaired) electrons. The molecular weight excluding hydrogens is 310 g/mol. The van der Waals surface area contributed by atoms with E-state index in [0.29, 0.717) is 22.5 Å². The Morgan fingerprint density at radius 2 is 2.33 bits per heavy atom. The van der Waals surface area contributed by atoms with E-state index in [9.17, 15) is 4.79 Å². The molecule has 3 rings (SSSR count). The number of rotatable bonds is 5. The highest BCUT2D eigenvalue weighted by Crippen LogP contribution is 2.24. The Kier molecular flexibility index (Phi) is 3.98. The monoisotopic (exact) mass is 319 g/mol. The maximum absolute atomic E-state index is 10.9. The van der Waals surface area contributed by atoms with Crippen molar-refractivity contribution in [2.45, 2.75) is 10.8 Å². The number of aromatic carboxylic acids is 1. The van der Waals surface area contributed by atoms with Gasteiger partial charge in [-0.15, -0.1) is 11.3 Å². The molecule has 0 aromatic carbocycles. The first-order chi connectivity index (χ1) is 10.2. The van der Waals surface area contributed by atoms with Crippen molar-refractivity contribution in [2.75, 3.05) is 0 Å². The number of nitrogens with zero attached hydrogens (tertiary/aromatic N) is 3. The molecule has 3 heterocycles. The van der Waals surface area contributed by atoms with E-state index in [4.69, 9.17) is 9.63 Å². The minimum Gasteiger partial charge on any atom is -0.478 e. The van der Waals surface area contributed by atoms with Crippen LogP contribution in [0.15, 0.2) is 45.4 Å². The predicted octanol–water partition coefficient (Wildman–Crippen LogP) is 3.18. The van der Waals surface area contributed by atoms with Gasteiger partial charge >= 0.3 is 5.97 Å². The largest absolute Gasteiger partial charge is 0.478 e. The van der Waals surface area contributed by atoms with E-state index in [1.54, 1.807) is 0 Å². The van der Waals surface area contributed by atoms with Gasteiger partial charge < -0.3 is 9.63 Å². The number of carbonyl (C=O) groups is 1. The fourth-order valence-corrected chi connectivity index (χ4v) is 2.96. The second-order valence-corrected chi connectivity index (χ2v) is 5.91. The van der Waals surface area contributed by atoms with Crippen molar-refractivity contribution >= 4 is 29.1 Å². The molecule has 1 N–H and O–H groups in total. The Hall–Kier alpha value is -2.19. The molecule has 0 saturated heterocycles. The molecule has 0 amide bonds. The zero-order chi connectivity index (χ0) is 14.7. The quantitative estimate of drug-likeness (QED) is 0.722. The summed E-state index contributed by atoms with van der Waals surface area (Å²) in [5.41, 5.74) is 0.206. The van der Waals surface area contributed by atoms with Crippen LogP contribution in [0.25, 0.3) is 10.7 Å². The second-order valence-electron chi connectivity index (χ2n) is 3.97. The van der Waals surface area contributed by atoms with E-state index >= 15 is 0 Å². The molecule has 0 atom stereocenters. The lowest BCUT2D eigenvalue weighted by Crippen LogP contribution is -1.96. The van der Waals surface area contributed by atoms with Crippen LogP contribution in [0.4, 0.5) is 0 Å². The minimum atomic E-state index is -0.975. The van der Waals surface area contributed by atoms with Crippen LogP contribution in [0.1, 0.15) is 16.2 Å². The van der Waals surface area contributed by atoms with Crippen molar-refractivity contribution in [3.05, 3.63) is 47.3 Å². The van der Waals surface area contributed by atoms with Gasteiger partial charge in [0.2, 0.25) is 11.7 Å². The fourth-order valence-electron chi connectivity index (χ4n) is 1.58. The molecule has 6 nitrogen and oxygen atoms in total. The third kappa shape index (κ3) is 3.29. The van der Waals surface area contributed by atoms with Gasteiger partial charge in [0.15, 0.2) is 0 Å². The topological polar surface area (TPSA) is 89.1 Å². The summed E-state index contributed by atoms with van der Waals surface area (Å²) in [5, 5.41) is 15.4. The summed E-state index contributed by atoms with van der Waals surface area (Å²) >= 11 is 2.89. The highest BCUT2D eigenvalue weighted by Gasteiger charge is 2.11. The van der Waals surface area contributed by atoms with Gasteiger partial charge in [0.1, 0.15) is 0 Å². The molecule has 0 aliphatic carbocycles. The summed E-state index contributed by atoms with van der Waals surface area (Å²) in [6.45, 7) is 0. The van der Waals surface area contributed by atoms with Crippen molar-refractivity contribution in [1.82, 2.24) is 15.1 Å². The lowest BCUT2D eigenvalue weighted by molar-refractivity contribution is 0.0696. The number of carboxylic acid groups (broad SMARTS) is 1. The molecule has 3 aromatic rings. The third-order valence-electron chi connectivity index (χ3n) is 2.53. The minimum absolute atomic E-state index is 0.206. The van der Waals surface area contributed by atoms with Crippen LogP contribution < -0.4 is 0 Å². The van der Waals surface area contributed by atoms with Crippen molar-refractivity contribution in [1.29, 1.82) is 0 Å². The summed E-state index contributed by atoms with van der Waals surface area (Å²) < 4.78 is 5.17. The second kappa shape index (κ2) is 6.06. The predicted molar refractivity (Wildman–Crippen MR) is 78.4 cm³/mol. The number of carboxylic acids is 1. The Morgan fingerprint density at radius 1 is 1.43 bits per heavy atom. The number of aromatic nitrogens is 3. The molecule has 0 fully saturated rings. The average Bonchev–Trinajstić information content (AvgIpc) is 3.16. The fraction of sp³-hybridized carbons (Fsp3) is 0.0769. The van der Waals surface area contributed by atoms with Gasteiger partial charge in [0.05, 0.1) is 21.2 Å². The molecule has 0 saturated carbocycles. The van der Waals surface area contributed by atoms with Gasteiger partial charge in [0.25, 0.3) is 0 Å². The molecule has 0 unspecified atom stereocenters. The van der Waals surface area contributed by atoms with Crippen LogP contribution >= 0.6 is 23.1 Å². The summed E-state index contributed by atoms with van der Waals surface area (Å²) in [6, 6.07) is 6.81. The molecule has 0 aliphatic rings. The van der Waals surface area contributed by atoms with Gasteiger partial charge in [-0.1, -0.05) is 23.0 Å². The smallest absolute Gasteiger partial charge is 0.335 e. The van der Waals surface area contributed by atoms with Crippen molar-refractivity contribution in [3.8, 4) is 10.7 Å². The Balaban J connectivity index is 1.68. The van der Waals surface area contributed by atoms with Gasteiger partial charge in [-0.2, -0.15) is 4.98 Å². The van der Waals surface area contributed by atoms with Crippen LogP contribution in [0.2, 0.25) is 0 Å². The molecule has 106 valence electrons. The molecule has 0 aliphatic heterocycles. The van der Waals surface area contributed by atoms with Crippen LogP contribution in [0.5, 0.6) is 0 Å². The van der Waals surface area contributed by atoms with Crippen LogP contribution in [-0.2, 0) is 5.75 Å². The van der Waals surface area contributed by atoms with E-state index < -0.39 is 5.97 Å². The number of hydrogen-bond donors (Lipinski definition) is 1. The number of thioether (sulfide) groups is 1. The van der Waals surface area contributed by atoms with Crippen LogP contribution in [-0.4, -0.2) is 26.2 Å². The zero-order valence-electron chi connectivity index (χ0n) is 10.6. The summed E-state index contributed by atoms with van der Waals surface area (Å²) in [7, 11) is 0. The SMILES string of the molecule is O=C(O)c1ccnc(SCc2nc(-c3cccs3)no2)c1. The maximum atomic E-state index is 10.9. The number of hydrogen-bond acceptors (Lipinski definition) is 7. The number of thiophene rings is 1. The Bertz CT molecular complexity index is 756. The van der Waals surface area contributed by atoms with Crippen LogP contribution in [0.3, 0.4) is 0 Å². The molecular formula is C13H9N3O3S2. The third-order valence-corrected chi connectivity index (χ3v) is 4.31. The van der Waals surface area contributed by atoms with Crippen molar-refractivity contribution in [2.24, 2.45) is 0 Å². The van der Waals surface area contributed by atoms with E-state index in [1.165, 1.54) is 41.4 Å². The summed E-state index contributed by atoms with van der Waals surface area (Å²) in [6.07, 6.45) is 1.47. The van der Waals surface area contributed by atoms with Crippen molar-refractivity contribution in [3.63, 3.8) is 0 Å². The van der Waals surface area contributed by atoms with Gasteiger partial charge in [-0.05, 0) is 23.6 Å². The van der Waals surface area contributed by atoms with E-state index in [-0.39, 0.29) is 5.56 Å². The lowest BCUT2D eigenvalue weighted by Gasteiger charge is -1.98. The molecule has 0 bridgehead atoms. The average molecular weight is 319 g/mol. The first kappa shape index (κ1) is 13.8. The highest BCUT2D eigenvalue weighted by atomic mass is 32.2. The lowest BCUT2D eigenvalue weighted by atomic mass is 10.3. The molecule has 3 aromatic heterocycles. The van der Waals surface area contributed by atoms with E-state index in [2.05, 4.69) is 15.1 Å². The normalized spacial score (nSPS) is 10.7. The standard InChI is InChI=1S/C13H9N3O3S2/c17-13(18)8-3-4-14-11(6-8)21-7-10-15-12(16-19-10)9-2-1-5-20-9/h1-6H,7H2,(H,17,18). The maximum Gasteiger partial charge on any atom is 0.335 e. The zero-order valence-corrected chi connectivity index (χ0v) is 12.2. The summed E-state index contributed by atoms with van der Waals surface area (Å²) in [5.74, 6) is 0.504. The Labute approximate surface area is 127 Å². The van der Waals surface area contributed by atoms with Crippen molar-refractivity contribution < 1.29 is 14.4 Å². The van der Waals surface area contributed by atoms with Gasteiger partial charge in [-0.25, -0.2) is 9.78 Å². The molecule has 0 spiro atoms. The van der Waals surface area contributed by atoms with Gasteiger partial charge in [-0.3, -0.25) is 0 Å². The van der Waals surface area contributed by atoms with E-state index in [1.807, 2.05) is 17.5 Å². The first-order valence-corrected chi connectivity index (χ1v) is 7.77. The van der Waals surface area contributed by atoms with Crippen LogP contribution in [0, 0.1) is 0 Å². The summed E-state index contributed by atoms with van der Waals surface area (Å²) in [4.78, 5) is 20.2. The number of pyridine rings is 1. The Morgan fingerprint density at radius 3 is 3.10 bits per heavy atom. The first-order valence-electron chi connectivity index (χ1n) is 5.91. The highest BCUT2D eigenvalue weighted by molar-refractivity contribution is 7.98. The molecule has 21 heavy (non-hydrogen) atoms.